The Labute approximate surface area is 226 Å². The third-order valence-corrected chi connectivity index (χ3v) is 7.77. The first-order chi connectivity index (χ1) is 18.5. The van der Waals surface area contributed by atoms with Gasteiger partial charge in [-0.25, -0.2) is 14.4 Å². The molecule has 10 heteroatoms. The van der Waals surface area contributed by atoms with Crippen LogP contribution >= 0.6 is 11.6 Å². The van der Waals surface area contributed by atoms with Crippen molar-refractivity contribution >= 4 is 34.1 Å². The first-order valence-electron chi connectivity index (χ1n) is 13.0. The largest absolute Gasteiger partial charge is 0.468 e. The lowest BCUT2D eigenvalue weighted by Crippen LogP contribution is -2.51. The first-order valence-corrected chi connectivity index (χ1v) is 13.4. The van der Waals surface area contributed by atoms with E-state index in [4.69, 9.17) is 25.8 Å². The Morgan fingerprint density at radius 2 is 2.03 bits per heavy atom. The Kier molecular flexibility index (Phi) is 8.56. The summed E-state index contributed by atoms with van der Waals surface area (Å²) in [5.74, 6) is 0.371. The molecule has 3 aromatic rings. The van der Waals surface area contributed by atoms with E-state index in [1.165, 1.54) is 12.4 Å². The molecule has 5 rings (SSSR count). The third-order valence-electron chi connectivity index (χ3n) is 7.48. The minimum absolute atomic E-state index is 0.00536. The fourth-order valence-electron chi connectivity index (χ4n) is 5.28. The standard InChI is InChI=1S/C28H32ClFN4O4/c1-34(28(35)18-8-10-36-11-9-18)21-3-7-27(26(14-21)33-20-2-5-24(30)23(29)13-20)38-17-37-22-4-6-25-19(12-22)15-31-16-32-25/h2,4-6,12-13,15-16,18,21,26-27,33H,3,7-11,14,17H2,1H3. The number of anilines is 1. The summed E-state index contributed by atoms with van der Waals surface area (Å²) in [5, 5.41) is 4.40. The van der Waals surface area contributed by atoms with Gasteiger partial charge in [-0.15, -0.1) is 0 Å². The molecule has 0 spiro atoms. The second kappa shape index (κ2) is 12.2. The highest BCUT2D eigenvalue weighted by atomic mass is 35.5. The van der Waals surface area contributed by atoms with Gasteiger partial charge in [-0.1, -0.05) is 11.6 Å². The highest BCUT2D eigenvalue weighted by molar-refractivity contribution is 6.31. The molecule has 3 atom stereocenters. The van der Waals surface area contributed by atoms with Gasteiger partial charge in [0.2, 0.25) is 5.91 Å². The first kappa shape index (κ1) is 26.6. The van der Waals surface area contributed by atoms with Crippen LogP contribution < -0.4 is 10.1 Å². The van der Waals surface area contributed by atoms with Gasteiger partial charge in [0.05, 0.1) is 22.7 Å². The van der Waals surface area contributed by atoms with E-state index in [2.05, 4.69) is 15.3 Å². The van der Waals surface area contributed by atoms with Crippen LogP contribution in [0.25, 0.3) is 10.9 Å². The SMILES string of the molecule is CN(C(=O)C1CCOCC1)C1CCC(OCOc2ccc3ncncc3c2)C(Nc2ccc(F)c(Cl)c2)C1. The molecule has 2 fully saturated rings. The number of fused-ring (bicyclic) bond motifs is 1. The number of halogens is 2. The Morgan fingerprint density at radius 3 is 2.84 bits per heavy atom. The summed E-state index contributed by atoms with van der Waals surface area (Å²) < 4.78 is 31.3. The molecule has 3 unspecified atom stereocenters. The van der Waals surface area contributed by atoms with Crippen molar-refractivity contribution < 1.29 is 23.4 Å². The number of hydrogen-bond donors (Lipinski definition) is 1. The van der Waals surface area contributed by atoms with Crippen molar-refractivity contribution in [2.45, 2.75) is 50.3 Å². The maximum Gasteiger partial charge on any atom is 0.225 e. The van der Waals surface area contributed by atoms with Crippen LogP contribution in [0.15, 0.2) is 48.9 Å². The summed E-state index contributed by atoms with van der Waals surface area (Å²) in [5.41, 5.74) is 1.54. The normalized spacial score (nSPS) is 22.2. The molecule has 202 valence electrons. The van der Waals surface area contributed by atoms with Crippen LogP contribution in [0.5, 0.6) is 5.75 Å². The number of amides is 1. The second-order valence-corrected chi connectivity index (χ2v) is 10.3. The maximum atomic E-state index is 13.8. The molecule has 1 amide bonds. The number of ether oxygens (including phenoxy) is 3. The van der Waals surface area contributed by atoms with Crippen molar-refractivity contribution in [2.24, 2.45) is 5.92 Å². The monoisotopic (exact) mass is 542 g/mol. The lowest BCUT2D eigenvalue weighted by Gasteiger charge is -2.41. The predicted octanol–water partition coefficient (Wildman–Crippen LogP) is 5.06. The molecule has 2 aliphatic rings. The van der Waals surface area contributed by atoms with Crippen molar-refractivity contribution in [3.8, 4) is 5.75 Å². The van der Waals surface area contributed by atoms with Crippen LogP contribution in [0.4, 0.5) is 10.1 Å². The zero-order valence-corrected chi connectivity index (χ0v) is 22.1. The highest BCUT2D eigenvalue weighted by Crippen LogP contribution is 2.31. The van der Waals surface area contributed by atoms with E-state index >= 15 is 0 Å². The maximum absolute atomic E-state index is 13.8. The second-order valence-electron chi connectivity index (χ2n) is 9.89. The van der Waals surface area contributed by atoms with E-state index in [-0.39, 0.29) is 41.8 Å². The molecule has 1 saturated heterocycles. The van der Waals surface area contributed by atoms with Crippen LogP contribution in [0, 0.1) is 11.7 Å². The molecule has 2 heterocycles. The van der Waals surface area contributed by atoms with Crippen LogP contribution in [-0.2, 0) is 14.3 Å². The number of carbonyl (C=O) groups excluding carboxylic acids is 1. The van der Waals surface area contributed by atoms with E-state index < -0.39 is 5.82 Å². The zero-order chi connectivity index (χ0) is 26.5. The molecule has 1 aliphatic heterocycles. The Bertz CT molecular complexity index is 1260. The van der Waals surface area contributed by atoms with E-state index in [0.29, 0.717) is 31.1 Å². The topological polar surface area (TPSA) is 85.8 Å². The summed E-state index contributed by atoms with van der Waals surface area (Å²) in [6.45, 7) is 1.32. The molecule has 1 aliphatic carbocycles. The van der Waals surface area contributed by atoms with E-state index in [0.717, 1.165) is 36.6 Å². The number of nitrogens with zero attached hydrogens (tertiary/aromatic N) is 3. The van der Waals surface area contributed by atoms with Crippen molar-refractivity contribution in [1.29, 1.82) is 0 Å². The van der Waals surface area contributed by atoms with Crippen LogP contribution in [0.1, 0.15) is 32.1 Å². The van der Waals surface area contributed by atoms with Crippen LogP contribution in [0.2, 0.25) is 5.02 Å². The van der Waals surface area contributed by atoms with Gasteiger partial charge in [-0.2, -0.15) is 0 Å². The number of rotatable bonds is 8. The lowest BCUT2D eigenvalue weighted by atomic mass is 9.86. The summed E-state index contributed by atoms with van der Waals surface area (Å²) >= 11 is 6.03. The molecular weight excluding hydrogens is 511 g/mol. The van der Waals surface area contributed by atoms with Gasteiger partial charge in [-0.3, -0.25) is 4.79 Å². The van der Waals surface area contributed by atoms with Crippen LogP contribution in [-0.4, -0.2) is 66.0 Å². The average Bonchev–Trinajstić information content (AvgIpc) is 2.95. The highest BCUT2D eigenvalue weighted by Gasteiger charge is 2.36. The van der Waals surface area contributed by atoms with E-state index in [1.807, 2.05) is 30.1 Å². The fraction of sp³-hybridized carbons (Fsp3) is 0.464. The molecule has 2 aromatic carbocycles. The van der Waals surface area contributed by atoms with Crippen molar-refractivity contribution in [3.05, 3.63) is 59.8 Å². The third kappa shape index (κ3) is 6.34. The van der Waals surface area contributed by atoms with Gasteiger partial charge in [-0.05, 0) is 68.5 Å². The zero-order valence-electron chi connectivity index (χ0n) is 21.3. The predicted molar refractivity (Wildman–Crippen MR) is 143 cm³/mol. The molecule has 8 nitrogen and oxygen atoms in total. The van der Waals surface area contributed by atoms with Crippen molar-refractivity contribution in [1.82, 2.24) is 14.9 Å². The molecule has 0 bridgehead atoms. The Morgan fingerprint density at radius 1 is 1.18 bits per heavy atom. The summed E-state index contributed by atoms with van der Waals surface area (Å²) in [6, 6.07) is 10.1. The average molecular weight is 543 g/mol. The van der Waals surface area contributed by atoms with Crippen molar-refractivity contribution in [2.75, 3.05) is 32.4 Å². The fourth-order valence-corrected chi connectivity index (χ4v) is 5.46. The van der Waals surface area contributed by atoms with E-state index in [9.17, 15) is 9.18 Å². The molecule has 1 N–H and O–H groups in total. The number of nitrogens with one attached hydrogen (secondary N) is 1. The summed E-state index contributed by atoms with van der Waals surface area (Å²) in [4.78, 5) is 23.4. The van der Waals surface area contributed by atoms with Gasteiger partial charge < -0.3 is 24.4 Å². The smallest absolute Gasteiger partial charge is 0.225 e. The van der Waals surface area contributed by atoms with Gasteiger partial charge in [0.15, 0.2) is 6.79 Å². The number of carbonyl (C=O) groups is 1. The lowest BCUT2D eigenvalue weighted by molar-refractivity contribution is -0.141. The van der Waals surface area contributed by atoms with Gasteiger partial charge >= 0.3 is 0 Å². The van der Waals surface area contributed by atoms with Crippen LogP contribution in [0.3, 0.4) is 0 Å². The summed E-state index contributed by atoms with van der Waals surface area (Å²) in [7, 11) is 1.89. The number of benzene rings is 2. The number of aromatic nitrogens is 2. The Hall–Kier alpha value is -3.01. The van der Waals surface area contributed by atoms with Gasteiger partial charge in [0.25, 0.3) is 0 Å². The minimum Gasteiger partial charge on any atom is -0.468 e. The molecular formula is C28H32ClFN4O4. The summed E-state index contributed by atoms with van der Waals surface area (Å²) in [6.07, 6.45) is 6.82. The van der Waals surface area contributed by atoms with E-state index in [1.54, 1.807) is 18.3 Å². The Balaban J connectivity index is 1.25. The van der Waals surface area contributed by atoms with Gasteiger partial charge in [0, 0.05) is 49.5 Å². The van der Waals surface area contributed by atoms with Crippen molar-refractivity contribution in [3.63, 3.8) is 0 Å². The minimum atomic E-state index is -0.470. The van der Waals surface area contributed by atoms with Gasteiger partial charge in [0.1, 0.15) is 17.9 Å². The number of hydrogen-bond acceptors (Lipinski definition) is 7. The molecule has 1 aromatic heterocycles. The quantitative estimate of drug-likeness (QED) is 0.398. The molecule has 0 radical (unpaired) electrons. The molecule has 1 saturated carbocycles. The molecule has 38 heavy (non-hydrogen) atoms.